The van der Waals surface area contributed by atoms with Crippen LogP contribution in [0.3, 0.4) is 0 Å². The second kappa shape index (κ2) is 9.43. The number of amides is 1. The number of halogens is 2. The molecule has 1 N–H and O–H groups in total. The number of ether oxygens (including phenoxy) is 1. The summed E-state index contributed by atoms with van der Waals surface area (Å²) in [5.74, 6) is -0.999. The minimum atomic E-state index is -0.565. The molecule has 34 heavy (non-hydrogen) atoms. The highest BCUT2D eigenvalue weighted by atomic mass is 35.5. The summed E-state index contributed by atoms with van der Waals surface area (Å²) in [5, 5.41) is 14.3. The molecule has 0 saturated heterocycles. The lowest BCUT2D eigenvalue weighted by Crippen LogP contribution is -2.15. The van der Waals surface area contributed by atoms with Crippen LogP contribution >= 0.6 is 34.5 Å². The molecular weight excluding hydrogens is 493 g/mol. The summed E-state index contributed by atoms with van der Waals surface area (Å²) in [6.45, 7) is 3.43. The fraction of sp³-hybridized carbons (Fsp3) is 0.120. The number of hydrogen-bond donors (Lipinski definition) is 1. The van der Waals surface area contributed by atoms with Crippen LogP contribution in [0.1, 0.15) is 36.7 Å². The highest BCUT2D eigenvalue weighted by Crippen LogP contribution is 2.37. The monoisotopic (exact) mass is 509 g/mol. The number of benzene rings is 2. The maximum Gasteiger partial charge on any atom is 0.348 e. The zero-order valence-corrected chi connectivity index (χ0v) is 20.7. The molecule has 0 fully saturated rings. The number of thiophene rings is 1. The number of anilines is 1. The number of fused-ring (bicyclic) bond motifs is 1. The highest BCUT2D eigenvalue weighted by molar-refractivity contribution is 7.18. The van der Waals surface area contributed by atoms with Crippen LogP contribution in [0, 0.1) is 25.2 Å². The molecule has 0 aliphatic heterocycles. The fourth-order valence-corrected chi connectivity index (χ4v) is 5.30. The highest BCUT2D eigenvalue weighted by Gasteiger charge is 2.25. The number of carbonyl (C=O) groups excluding carboxylic acids is 2. The number of pyridine rings is 1. The Morgan fingerprint density at radius 3 is 2.53 bits per heavy atom. The molecule has 0 aliphatic rings. The van der Waals surface area contributed by atoms with Crippen LogP contribution in [0.15, 0.2) is 42.5 Å². The van der Waals surface area contributed by atoms with Crippen molar-refractivity contribution in [2.45, 2.75) is 13.8 Å². The third kappa shape index (κ3) is 4.12. The van der Waals surface area contributed by atoms with Crippen molar-refractivity contribution in [1.82, 2.24) is 4.98 Å². The average molecular weight is 510 g/mol. The minimum absolute atomic E-state index is 0.218. The van der Waals surface area contributed by atoms with Gasteiger partial charge in [0.05, 0.1) is 34.5 Å². The number of methoxy groups -OCH3 is 1. The second-order valence-electron chi connectivity index (χ2n) is 7.42. The SMILES string of the molecule is COC(=O)c1sc(NC(=O)c2c(C)c(-c3ccc(Cl)cc3Cl)nc3ccccc23)c(C#N)c1C. The number of rotatable bonds is 4. The Hall–Kier alpha value is -3.44. The van der Waals surface area contributed by atoms with E-state index >= 15 is 0 Å². The van der Waals surface area contributed by atoms with Crippen molar-refractivity contribution in [3.63, 3.8) is 0 Å². The molecule has 9 heteroatoms. The summed E-state index contributed by atoms with van der Waals surface area (Å²) in [6, 6.07) is 14.4. The Balaban J connectivity index is 1.88. The van der Waals surface area contributed by atoms with Crippen molar-refractivity contribution in [1.29, 1.82) is 5.26 Å². The van der Waals surface area contributed by atoms with E-state index in [1.165, 1.54) is 7.11 Å². The van der Waals surface area contributed by atoms with Gasteiger partial charge in [0.25, 0.3) is 5.91 Å². The van der Waals surface area contributed by atoms with Crippen molar-refractivity contribution >= 4 is 62.3 Å². The Morgan fingerprint density at radius 1 is 1.12 bits per heavy atom. The number of aromatic nitrogens is 1. The van der Waals surface area contributed by atoms with Crippen molar-refractivity contribution in [2.24, 2.45) is 0 Å². The topological polar surface area (TPSA) is 92.1 Å². The Morgan fingerprint density at radius 2 is 1.85 bits per heavy atom. The van der Waals surface area contributed by atoms with Crippen LogP contribution in [0.2, 0.25) is 10.0 Å². The number of para-hydroxylation sites is 1. The van der Waals surface area contributed by atoms with Gasteiger partial charge in [0.15, 0.2) is 0 Å². The van der Waals surface area contributed by atoms with Gasteiger partial charge in [-0.3, -0.25) is 4.79 Å². The first-order chi connectivity index (χ1) is 16.3. The maximum absolute atomic E-state index is 13.6. The van der Waals surface area contributed by atoms with Gasteiger partial charge < -0.3 is 10.1 Å². The normalized spacial score (nSPS) is 10.7. The predicted octanol–water partition coefficient (Wildman–Crippen LogP) is 6.80. The predicted molar refractivity (Wildman–Crippen MR) is 135 cm³/mol. The largest absolute Gasteiger partial charge is 0.465 e. The van der Waals surface area contributed by atoms with Gasteiger partial charge >= 0.3 is 5.97 Å². The van der Waals surface area contributed by atoms with E-state index in [-0.39, 0.29) is 15.4 Å². The quantitative estimate of drug-likeness (QED) is 0.305. The summed E-state index contributed by atoms with van der Waals surface area (Å²) in [7, 11) is 1.27. The van der Waals surface area contributed by atoms with E-state index < -0.39 is 11.9 Å². The van der Waals surface area contributed by atoms with E-state index in [1.54, 1.807) is 32.0 Å². The number of nitrogens with zero attached hydrogens (tertiary/aromatic N) is 2. The molecule has 1 amide bonds. The smallest absolute Gasteiger partial charge is 0.348 e. The molecule has 6 nitrogen and oxygen atoms in total. The molecule has 0 bridgehead atoms. The third-order valence-corrected chi connectivity index (χ3v) is 7.14. The van der Waals surface area contributed by atoms with Gasteiger partial charge in [-0.05, 0) is 49.2 Å². The Bertz CT molecular complexity index is 1520. The molecule has 0 spiro atoms. The van der Waals surface area contributed by atoms with Gasteiger partial charge in [0.2, 0.25) is 0 Å². The first-order valence-corrected chi connectivity index (χ1v) is 11.6. The zero-order valence-electron chi connectivity index (χ0n) is 18.3. The lowest BCUT2D eigenvalue weighted by atomic mass is 9.97. The van der Waals surface area contributed by atoms with Crippen molar-refractivity contribution in [3.8, 4) is 17.3 Å². The third-order valence-electron chi connectivity index (χ3n) is 5.41. The summed E-state index contributed by atoms with van der Waals surface area (Å²) in [5.41, 5.74) is 3.47. The molecule has 2 aromatic carbocycles. The van der Waals surface area contributed by atoms with Crippen LogP contribution in [0.5, 0.6) is 0 Å². The molecule has 2 heterocycles. The molecule has 0 atom stereocenters. The summed E-state index contributed by atoms with van der Waals surface area (Å²) >= 11 is 13.5. The van der Waals surface area contributed by atoms with Crippen LogP contribution in [-0.2, 0) is 4.74 Å². The van der Waals surface area contributed by atoms with Crippen LogP contribution < -0.4 is 5.32 Å². The lowest BCUT2D eigenvalue weighted by Gasteiger charge is -2.15. The molecule has 0 radical (unpaired) electrons. The number of esters is 1. The standard InChI is InChI=1S/C25H17Cl2N3O3S/c1-12-17(11-28)24(34-22(12)25(32)33-3)30-23(31)20-13(2)21(15-9-8-14(26)10-18(15)27)29-19-7-5-4-6-16(19)20/h4-10H,1-3H3,(H,30,31). The van der Waals surface area contributed by atoms with Crippen molar-refractivity contribution in [3.05, 3.63) is 79.6 Å². The Labute approximate surface area is 209 Å². The van der Waals surface area contributed by atoms with Crippen LogP contribution in [0.25, 0.3) is 22.2 Å². The average Bonchev–Trinajstić information content (AvgIpc) is 3.13. The molecule has 4 aromatic rings. The molecule has 0 unspecified atom stereocenters. The van der Waals surface area contributed by atoms with Crippen LogP contribution in [0.4, 0.5) is 5.00 Å². The fourth-order valence-electron chi connectivity index (χ4n) is 3.73. The molecule has 4 rings (SSSR count). The van der Waals surface area contributed by atoms with Gasteiger partial charge in [0.1, 0.15) is 15.9 Å². The van der Waals surface area contributed by atoms with Crippen molar-refractivity contribution in [2.75, 3.05) is 12.4 Å². The van der Waals surface area contributed by atoms with Gasteiger partial charge in [-0.25, -0.2) is 9.78 Å². The number of nitrogens with one attached hydrogen (secondary N) is 1. The van der Waals surface area contributed by atoms with E-state index in [9.17, 15) is 14.9 Å². The first kappa shape index (κ1) is 23.7. The molecular formula is C25H17Cl2N3O3S. The first-order valence-electron chi connectivity index (χ1n) is 10.0. The van der Waals surface area contributed by atoms with Gasteiger partial charge in [-0.15, -0.1) is 11.3 Å². The van der Waals surface area contributed by atoms with Gasteiger partial charge in [0, 0.05) is 16.0 Å². The van der Waals surface area contributed by atoms with E-state index in [0.717, 1.165) is 11.3 Å². The summed E-state index contributed by atoms with van der Waals surface area (Å²) in [4.78, 5) is 30.7. The van der Waals surface area contributed by atoms with Crippen molar-refractivity contribution < 1.29 is 14.3 Å². The summed E-state index contributed by atoms with van der Waals surface area (Å²) in [6.07, 6.45) is 0. The Kier molecular flexibility index (Phi) is 6.58. The lowest BCUT2D eigenvalue weighted by molar-refractivity contribution is 0.0605. The molecule has 0 saturated carbocycles. The van der Waals surface area contributed by atoms with Crippen LogP contribution in [-0.4, -0.2) is 24.0 Å². The molecule has 2 aromatic heterocycles. The van der Waals surface area contributed by atoms with E-state index in [4.69, 9.17) is 32.9 Å². The minimum Gasteiger partial charge on any atom is -0.465 e. The van der Waals surface area contributed by atoms with E-state index in [2.05, 4.69) is 11.4 Å². The maximum atomic E-state index is 13.6. The number of nitriles is 1. The zero-order chi connectivity index (χ0) is 24.6. The molecule has 0 aliphatic carbocycles. The van der Waals surface area contributed by atoms with E-state index in [1.807, 2.05) is 24.3 Å². The number of carbonyl (C=O) groups is 2. The summed E-state index contributed by atoms with van der Waals surface area (Å²) < 4.78 is 4.80. The van der Waals surface area contributed by atoms with Gasteiger partial charge in [-0.1, -0.05) is 41.4 Å². The second-order valence-corrected chi connectivity index (χ2v) is 9.28. The molecule has 170 valence electrons. The number of hydrogen-bond acceptors (Lipinski definition) is 6. The van der Waals surface area contributed by atoms with E-state index in [0.29, 0.717) is 48.9 Å². The van der Waals surface area contributed by atoms with Gasteiger partial charge in [-0.2, -0.15) is 5.26 Å².